The Morgan fingerprint density at radius 2 is 1.93 bits per heavy atom. The molecule has 0 aliphatic carbocycles. The van der Waals surface area contributed by atoms with Crippen LogP contribution in [-0.2, 0) is 7.05 Å². The lowest BCUT2D eigenvalue weighted by Crippen LogP contribution is -2.47. The van der Waals surface area contributed by atoms with Crippen molar-refractivity contribution in [2.75, 3.05) is 38.8 Å². The zero-order valence-corrected chi connectivity index (χ0v) is 17.2. The maximum atomic E-state index is 12.6. The quantitative estimate of drug-likeness (QED) is 0.677. The second kappa shape index (κ2) is 8.50. The van der Waals surface area contributed by atoms with E-state index in [-0.39, 0.29) is 11.6 Å². The van der Waals surface area contributed by atoms with Crippen molar-refractivity contribution in [2.45, 2.75) is 6.04 Å². The number of benzene rings is 1. The number of nitrogens with one attached hydrogen (secondary N) is 1. The fourth-order valence-corrected chi connectivity index (χ4v) is 3.61. The molecule has 1 fully saturated rings. The number of nitrogens with zero attached hydrogens (tertiary/aromatic N) is 5. The summed E-state index contributed by atoms with van der Waals surface area (Å²) < 4.78 is 12.4. The standard InChI is InChI=1S/C21H24N6O3/c1-26-20(28)11-16(15-6-7-22-13-24-15)25-21(26)27-9-8-23-17(12-27)14-4-5-18(29-2)19(10-14)30-3/h4-7,10-11,13,17,23H,8-9,12H2,1-3H3. The molecule has 1 aliphatic heterocycles. The number of rotatable bonds is 5. The Kier molecular flexibility index (Phi) is 5.62. The molecule has 3 heterocycles. The Labute approximate surface area is 174 Å². The molecule has 156 valence electrons. The van der Waals surface area contributed by atoms with Crippen LogP contribution in [0.25, 0.3) is 11.4 Å². The van der Waals surface area contributed by atoms with Gasteiger partial charge in [-0.2, -0.15) is 0 Å². The summed E-state index contributed by atoms with van der Waals surface area (Å²) in [6, 6.07) is 9.20. The number of anilines is 1. The van der Waals surface area contributed by atoms with Crippen molar-refractivity contribution in [2.24, 2.45) is 7.05 Å². The largest absolute Gasteiger partial charge is 0.493 e. The van der Waals surface area contributed by atoms with Gasteiger partial charge in [0, 0.05) is 38.9 Å². The van der Waals surface area contributed by atoms with E-state index in [9.17, 15) is 4.79 Å². The van der Waals surface area contributed by atoms with Gasteiger partial charge in [-0.15, -0.1) is 0 Å². The first kappa shape index (κ1) is 19.8. The topological polar surface area (TPSA) is 94.4 Å². The number of hydrogen-bond donors (Lipinski definition) is 1. The summed E-state index contributed by atoms with van der Waals surface area (Å²) in [5.41, 5.74) is 2.11. The van der Waals surface area contributed by atoms with Crippen molar-refractivity contribution in [3.05, 3.63) is 58.8 Å². The van der Waals surface area contributed by atoms with Crippen molar-refractivity contribution in [3.63, 3.8) is 0 Å². The van der Waals surface area contributed by atoms with Crippen molar-refractivity contribution in [3.8, 4) is 22.9 Å². The van der Waals surface area contributed by atoms with Gasteiger partial charge < -0.3 is 19.7 Å². The zero-order chi connectivity index (χ0) is 21.1. The summed E-state index contributed by atoms with van der Waals surface area (Å²) in [7, 11) is 4.98. The average molecular weight is 408 g/mol. The van der Waals surface area contributed by atoms with E-state index in [4.69, 9.17) is 14.5 Å². The van der Waals surface area contributed by atoms with Gasteiger partial charge in [0.05, 0.1) is 31.6 Å². The van der Waals surface area contributed by atoms with E-state index < -0.39 is 0 Å². The summed E-state index contributed by atoms with van der Waals surface area (Å²) in [5.74, 6) is 1.99. The molecule has 4 rings (SSSR count). The van der Waals surface area contributed by atoms with Crippen LogP contribution in [0.1, 0.15) is 11.6 Å². The highest BCUT2D eigenvalue weighted by molar-refractivity contribution is 5.55. The molecule has 1 aromatic carbocycles. The fourth-order valence-electron chi connectivity index (χ4n) is 3.61. The third-order valence-corrected chi connectivity index (χ3v) is 5.22. The van der Waals surface area contributed by atoms with Crippen LogP contribution in [-0.4, -0.2) is 53.4 Å². The molecule has 9 nitrogen and oxygen atoms in total. The predicted molar refractivity (Wildman–Crippen MR) is 113 cm³/mol. The Hall–Kier alpha value is -3.46. The Morgan fingerprint density at radius 1 is 1.10 bits per heavy atom. The molecular formula is C21H24N6O3. The Bertz CT molecular complexity index is 1090. The van der Waals surface area contributed by atoms with Gasteiger partial charge >= 0.3 is 0 Å². The first-order chi connectivity index (χ1) is 14.6. The van der Waals surface area contributed by atoms with E-state index in [0.29, 0.717) is 35.4 Å². The normalized spacial score (nSPS) is 16.4. The highest BCUT2D eigenvalue weighted by Gasteiger charge is 2.25. The van der Waals surface area contributed by atoms with E-state index in [1.54, 1.807) is 38.1 Å². The Balaban J connectivity index is 1.65. The third-order valence-electron chi connectivity index (χ3n) is 5.22. The highest BCUT2D eigenvalue weighted by atomic mass is 16.5. The lowest BCUT2D eigenvalue weighted by atomic mass is 10.0. The van der Waals surface area contributed by atoms with Crippen molar-refractivity contribution in [1.82, 2.24) is 24.8 Å². The molecule has 2 aromatic heterocycles. The van der Waals surface area contributed by atoms with Crippen LogP contribution in [0.15, 0.2) is 47.7 Å². The molecule has 0 radical (unpaired) electrons. The molecule has 0 saturated carbocycles. The molecule has 0 amide bonds. The van der Waals surface area contributed by atoms with Crippen molar-refractivity contribution < 1.29 is 9.47 Å². The van der Waals surface area contributed by atoms with E-state index >= 15 is 0 Å². The molecular weight excluding hydrogens is 384 g/mol. The van der Waals surface area contributed by atoms with Crippen molar-refractivity contribution >= 4 is 5.95 Å². The van der Waals surface area contributed by atoms with Crippen LogP contribution in [0.4, 0.5) is 5.95 Å². The molecule has 3 aromatic rings. The lowest BCUT2D eigenvalue weighted by Gasteiger charge is -2.35. The van der Waals surface area contributed by atoms with Gasteiger partial charge in [0.15, 0.2) is 11.5 Å². The molecule has 1 N–H and O–H groups in total. The van der Waals surface area contributed by atoms with Gasteiger partial charge in [0.2, 0.25) is 5.95 Å². The van der Waals surface area contributed by atoms with Gasteiger partial charge in [-0.1, -0.05) is 6.07 Å². The SMILES string of the molecule is COc1ccc(C2CN(c3nc(-c4ccncn4)cc(=O)n3C)CCN2)cc1OC. The van der Waals surface area contributed by atoms with E-state index in [1.165, 1.54) is 12.4 Å². The average Bonchev–Trinajstić information content (AvgIpc) is 2.81. The van der Waals surface area contributed by atoms with E-state index in [1.807, 2.05) is 18.2 Å². The second-order valence-corrected chi connectivity index (χ2v) is 7.00. The van der Waals surface area contributed by atoms with Crippen LogP contribution in [0.3, 0.4) is 0 Å². The van der Waals surface area contributed by atoms with Crippen LogP contribution in [0, 0.1) is 0 Å². The Morgan fingerprint density at radius 3 is 2.67 bits per heavy atom. The highest BCUT2D eigenvalue weighted by Crippen LogP contribution is 2.31. The molecule has 1 aliphatic rings. The number of methoxy groups -OCH3 is 2. The molecule has 0 bridgehead atoms. The second-order valence-electron chi connectivity index (χ2n) is 7.00. The predicted octanol–water partition coefficient (Wildman–Crippen LogP) is 1.41. The van der Waals surface area contributed by atoms with Gasteiger partial charge in [-0.05, 0) is 23.8 Å². The zero-order valence-electron chi connectivity index (χ0n) is 17.2. The molecule has 30 heavy (non-hydrogen) atoms. The number of hydrogen-bond acceptors (Lipinski definition) is 8. The van der Waals surface area contributed by atoms with Crippen molar-refractivity contribution in [1.29, 1.82) is 0 Å². The molecule has 9 heteroatoms. The van der Waals surface area contributed by atoms with Gasteiger partial charge in [0.1, 0.15) is 6.33 Å². The molecule has 1 saturated heterocycles. The maximum Gasteiger partial charge on any atom is 0.255 e. The number of ether oxygens (including phenoxy) is 2. The van der Waals surface area contributed by atoms with Crippen LogP contribution in [0.5, 0.6) is 11.5 Å². The van der Waals surface area contributed by atoms with E-state index in [0.717, 1.165) is 18.7 Å². The van der Waals surface area contributed by atoms with Crippen LogP contribution in [0.2, 0.25) is 0 Å². The summed E-state index contributed by atoms with van der Waals surface area (Å²) >= 11 is 0. The van der Waals surface area contributed by atoms with Crippen LogP contribution >= 0.6 is 0 Å². The first-order valence-corrected chi connectivity index (χ1v) is 9.65. The summed E-state index contributed by atoms with van der Waals surface area (Å²) in [5, 5.41) is 3.53. The summed E-state index contributed by atoms with van der Waals surface area (Å²) in [6.07, 6.45) is 3.09. The van der Waals surface area contributed by atoms with Gasteiger partial charge in [-0.3, -0.25) is 9.36 Å². The minimum Gasteiger partial charge on any atom is -0.493 e. The fraction of sp³-hybridized carbons (Fsp3) is 0.333. The van der Waals surface area contributed by atoms with Crippen LogP contribution < -0.4 is 25.2 Å². The maximum absolute atomic E-state index is 12.6. The third kappa shape index (κ3) is 3.84. The number of aromatic nitrogens is 4. The van der Waals surface area contributed by atoms with Gasteiger partial charge in [-0.25, -0.2) is 15.0 Å². The monoisotopic (exact) mass is 408 g/mol. The smallest absolute Gasteiger partial charge is 0.255 e. The summed E-state index contributed by atoms with van der Waals surface area (Å²) in [4.78, 5) is 27.6. The lowest BCUT2D eigenvalue weighted by molar-refractivity contribution is 0.353. The molecule has 1 unspecified atom stereocenters. The first-order valence-electron chi connectivity index (χ1n) is 9.65. The number of piperazine rings is 1. The van der Waals surface area contributed by atoms with E-state index in [2.05, 4.69) is 20.2 Å². The molecule has 0 spiro atoms. The minimum absolute atomic E-state index is 0.0539. The minimum atomic E-state index is -0.130. The van der Waals surface area contributed by atoms with Gasteiger partial charge in [0.25, 0.3) is 5.56 Å². The summed E-state index contributed by atoms with van der Waals surface area (Å²) in [6.45, 7) is 2.15. The molecule has 1 atom stereocenters.